The van der Waals surface area contributed by atoms with Crippen molar-refractivity contribution in [3.8, 4) is 0 Å². The molecule has 0 radical (unpaired) electrons. The Hall–Kier alpha value is -1.75. The predicted octanol–water partition coefficient (Wildman–Crippen LogP) is 3.71. The maximum Gasteiger partial charge on any atom is 0.183 e. The molecule has 0 aromatic rings. The van der Waals surface area contributed by atoms with Crippen molar-refractivity contribution in [1.29, 1.82) is 0 Å². The van der Waals surface area contributed by atoms with E-state index in [2.05, 4.69) is 0 Å². The molecule has 5 nitrogen and oxygen atoms in total. The summed E-state index contributed by atoms with van der Waals surface area (Å²) < 4.78 is 0. The first-order chi connectivity index (χ1) is 12.2. The van der Waals surface area contributed by atoms with Crippen molar-refractivity contribution in [2.24, 2.45) is 22.7 Å². The van der Waals surface area contributed by atoms with Gasteiger partial charge in [-0.15, -0.1) is 0 Å². The van der Waals surface area contributed by atoms with Gasteiger partial charge in [-0.25, -0.2) is 0 Å². The third-order valence-corrected chi connectivity index (χ3v) is 6.56. The van der Waals surface area contributed by atoms with Gasteiger partial charge in [-0.1, -0.05) is 25.5 Å². The van der Waals surface area contributed by atoms with E-state index in [0.29, 0.717) is 6.42 Å². The van der Waals surface area contributed by atoms with Crippen molar-refractivity contribution in [3.05, 3.63) is 23.0 Å². The Kier molecular flexibility index (Phi) is 5.34. The summed E-state index contributed by atoms with van der Waals surface area (Å²) in [5, 5.41) is 21.7. The summed E-state index contributed by atoms with van der Waals surface area (Å²) in [6.07, 6.45) is 2.66. The number of fused-ring (bicyclic) bond motifs is 2. The van der Waals surface area contributed by atoms with Crippen LogP contribution in [0.2, 0.25) is 0 Å². The SMILES string of the molecule is CCC(C)C(=O)C1=C(O)C2(C)C(=O)C(CC=C(C)C)(C[C@H]2C(C)(C)O)C1=O. The molecule has 3 unspecified atom stereocenters. The van der Waals surface area contributed by atoms with Gasteiger partial charge in [0.1, 0.15) is 11.3 Å². The topological polar surface area (TPSA) is 91.7 Å². The minimum absolute atomic E-state index is 0.121. The Labute approximate surface area is 161 Å². The minimum Gasteiger partial charge on any atom is -0.510 e. The normalized spacial score (nSPS) is 31.9. The summed E-state index contributed by atoms with van der Waals surface area (Å²) in [7, 11) is 0. The maximum atomic E-state index is 13.5. The van der Waals surface area contributed by atoms with Crippen molar-refractivity contribution in [2.45, 2.75) is 73.3 Å². The quantitative estimate of drug-likeness (QED) is 0.419. The van der Waals surface area contributed by atoms with Gasteiger partial charge in [0, 0.05) is 11.8 Å². The number of rotatable bonds is 6. The molecule has 2 aliphatic carbocycles. The summed E-state index contributed by atoms with van der Waals surface area (Å²) in [5.41, 5.74) is -3.41. The van der Waals surface area contributed by atoms with E-state index in [9.17, 15) is 24.6 Å². The molecule has 150 valence electrons. The third kappa shape index (κ3) is 3.00. The highest BCUT2D eigenvalue weighted by molar-refractivity contribution is 6.32. The number of aliphatic hydroxyl groups excluding tert-OH is 1. The summed E-state index contributed by atoms with van der Waals surface area (Å²) >= 11 is 0. The maximum absolute atomic E-state index is 13.5. The Morgan fingerprint density at radius 3 is 2.33 bits per heavy atom. The van der Waals surface area contributed by atoms with Gasteiger partial charge in [0.15, 0.2) is 17.3 Å². The van der Waals surface area contributed by atoms with Crippen molar-refractivity contribution in [3.63, 3.8) is 0 Å². The van der Waals surface area contributed by atoms with Crippen LogP contribution in [0.1, 0.15) is 67.7 Å². The van der Waals surface area contributed by atoms with Crippen LogP contribution in [0, 0.1) is 22.7 Å². The molecule has 5 heteroatoms. The summed E-state index contributed by atoms with van der Waals surface area (Å²) in [6.45, 7) is 12.1. The zero-order chi connectivity index (χ0) is 20.9. The van der Waals surface area contributed by atoms with Crippen LogP contribution in [0.5, 0.6) is 0 Å². The van der Waals surface area contributed by atoms with Crippen LogP contribution >= 0.6 is 0 Å². The van der Waals surface area contributed by atoms with Crippen LogP contribution in [-0.2, 0) is 14.4 Å². The largest absolute Gasteiger partial charge is 0.510 e. The van der Waals surface area contributed by atoms with Crippen LogP contribution in [0.25, 0.3) is 0 Å². The average Bonchev–Trinajstić information content (AvgIpc) is 2.77. The number of carbonyl (C=O) groups is 3. The zero-order valence-electron chi connectivity index (χ0n) is 17.5. The Balaban J connectivity index is 2.79. The Bertz CT molecular complexity index is 747. The van der Waals surface area contributed by atoms with E-state index in [1.807, 2.05) is 26.8 Å². The second-order valence-corrected chi connectivity index (χ2v) is 9.24. The summed E-state index contributed by atoms with van der Waals surface area (Å²) in [4.78, 5) is 39.8. The molecule has 2 rings (SSSR count). The first-order valence-electron chi connectivity index (χ1n) is 9.68. The van der Waals surface area contributed by atoms with Gasteiger partial charge in [-0.3, -0.25) is 14.4 Å². The molecule has 2 N–H and O–H groups in total. The number of hydrogen-bond donors (Lipinski definition) is 2. The molecule has 1 fully saturated rings. The monoisotopic (exact) mass is 376 g/mol. The van der Waals surface area contributed by atoms with E-state index >= 15 is 0 Å². The van der Waals surface area contributed by atoms with Gasteiger partial charge < -0.3 is 10.2 Å². The van der Waals surface area contributed by atoms with Gasteiger partial charge in [-0.05, 0) is 53.9 Å². The van der Waals surface area contributed by atoms with Gasteiger partial charge >= 0.3 is 0 Å². The molecule has 0 spiro atoms. The fourth-order valence-corrected chi connectivity index (χ4v) is 4.64. The van der Waals surface area contributed by atoms with Crippen LogP contribution in [-0.4, -0.2) is 33.2 Å². The van der Waals surface area contributed by atoms with Crippen molar-refractivity contribution < 1.29 is 24.6 Å². The van der Waals surface area contributed by atoms with Gasteiger partial charge in [0.25, 0.3) is 0 Å². The van der Waals surface area contributed by atoms with E-state index in [4.69, 9.17) is 0 Å². The van der Waals surface area contributed by atoms with E-state index in [1.54, 1.807) is 27.7 Å². The van der Waals surface area contributed by atoms with Crippen LogP contribution in [0.4, 0.5) is 0 Å². The minimum atomic E-state index is -1.44. The molecular weight excluding hydrogens is 344 g/mol. The lowest BCUT2D eigenvalue weighted by Gasteiger charge is -2.39. The number of carbonyl (C=O) groups excluding carboxylic acids is 3. The lowest BCUT2D eigenvalue weighted by atomic mass is 9.63. The number of hydrogen-bond acceptors (Lipinski definition) is 5. The number of Topliss-reactive ketones (excluding diaryl/α,β-unsaturated/α-hetero) is 3. The second-order valence-electron chi connectivity index (χ2n) is 9.24. The molecule has 2 aliphatic rings. The van der Waals surface area contributed by atoms with Crippen LogP contribution < -0.4 is 0 Å². The predicted molar refractivity (Wildman–Crippen MR) is 103 cm³/mol. The average molecular weight is 376 g/mol. The number of allylic oxidation sites excluding steroid dienone is 4. The molecule has 27 heavy (non-hydrogen) atoms. The van der Waals surface area contributed by atoms with Gasteiger partial charge in [-0.2, -0.15) is 0 Å². The molecule has 1 saturated carbocycles. The van der Waals surface area contributed by atoms with Crippen molar-refractivity contribution >= 4 is 17.3 Å². The summed E-state index contributed by atoms with van der Waals surface area (Å²) in [6, 6.07) is 0. The van der Waals surface area contributed by atoms with Crippen molar-refractivity contribution in [2.75, 3.05) is 0 Å². The molecule has 0 aliphatic heterocycles. The van der Waals surface area contributed by atoms with E-state index in [-0.39, 0.29) is 24.2 Å². The van der Waals surface area contributed by atoms with Gasteiger partial charge in [0.05, 0.1) is 16.4 Å². The van der Waals surface area contributed by atoms with E-state index < -0.39 is 45.6 Å². The Morgan fingerprint density at radius 1 is 1.33 bits per heavy atom. The molecule has 4 atom stereocenters. The molecule has 0 aromatic carbocycles. The molecule has 0 aromatic heterocycles. The lowest BCUT2D eigenvalue weighted by molar-refractivity contribution is -0.144. The fraction of sp³-hybridized carbons (Fsp3) is 0.682. The highest BCUT2D eigenvalue weighted by atomic mass is 16.3. The lowest BCUT2D eigenvalue weighted by Crippen LogP contribution is -2.50. The van der Waals surface area contributed by atoms with Crippen LogP contribution in [0.3, 0.4) is 0 Å². The van der Waals surface area contributed by atoms with Crippen molar-refractivity contribution in [1.82, 2.24) is 0 Å². The van der Waals surface area contributed by atoms with Gasteiger partial charge in [0.2, 0.25) is 0 Å². The first kappa shape index (κ1) is 21.5. The molecular formula is C22H32O5. The molecule has 0 amide bonds. The smallest absolute Gasteiger partial charge is 0.183 e. The molecule has 0 heterocycles. The second kappa shape index (κ2) is 6.69. The molecule has 2 bridgehead atoms. The third-order valence-electron chi connectivity index (χ3n) is 6.56. The van der Waals surface area contributed by atoms with E-state index in [1.165, 1.54) is 0 Å². The Morgan fingerprint density at radius 2 is 1.89 bits per heavy atom. The zero-order valence-corrected chi connectivity index (χ0v) is 17.5. The highest BCUT2D eigenvalue weighted by Crippen LogP contribution is 2.62. The highest BCUT2D eigenvalue weighted by Gasteiger charge is 2.71. The van der Waals surface area contributed by atoms with E-state index in [0.717, 1.165) is 5.57 Å². The standard InChI is InChI=1S/C22H32O5/c1-8-13(4)16(23)15-17(24)21(7)14(20(5,6)27)11-22(18(15)25,19(21)26)10-9-12(2)3/h9,13-14,24,27H,8,10-11H2,1-7H3/t13?,14-,21?,22?/m0/s1. The van der Waals surface area contributed by atoms with Crippen LogP contribution in [0.15, 0.2) is 23.0 Å². The number of ketones is 3. The molecule has 0 saturated heterocycles. The summed E-state index contributed by atoms with van der Waals surface area (Å²) in [5.74, 6) is -2.94. The fourth-order valence-electron chi connectivity index (χ4n) is 4.64. The first-order valence-corrected chi connectivity index (χ1v) is 9.68. The number of aliphatic hydroxyl groups is 2.